The van der Waals surface area contributed by atoms with Crippen LogP contribution in [0.3, 0.4) is 0 Å². The van der Waals surface area contributed by atoms with Crippen molar-refractivity contribution in [2.75, 3.05) is 17.2 Å². The van der Waals surface area contributed by atoms with Gasteiger partial charge >= 0.3 is 0 Å². The Morgan fingerprint density at radius 1 is 1.15 bits per heavy atom. The first-order valence-electron chi connectivity index (χ1n) is 7.95. The lowest BCUT2D eigenvalue weighted by Crippen LogP contribution is -2.21. The fourth-order valence-electron chi connectivity index (χ4n) is 2.22. The monoisotopic (exact) mass is 465 g/mol. The normalized spacial score (nSPS) is 11.8. The van der Waals surface area contributed by atoms with Gasteiger partial charge in [-0.25, -0.2) is 9.37 Å². The molecule has 3 N–H and O–H groups in total. The highest BCUT2D eigenvalue weighted by molar-refractivity contribution is 14.1. The van der Waals surface area contributed by atoms with Crippen LogP contribution in [0.5, 0.6) is 0 Å². The van der Waals surface area contributed by atoms with Crippen LogP contribution in [0, 0.1) is 9.39 Å². The molecule has 2 heterocycles. The van der Waals surface area contributed by atoms with Crippen LogP contribution in [0.2, 0.25) is 0 Å². The number of pyridine rings is 1. The van der Waals surface area contributed by atoms with Crippen LogP contribution in [-0.4, -0.2) is 32.7 Å². The second kappa shape index (κ2) is 8.37. The molecule has 2 aromatic heterocycles. The second-order valence-corrected chi connectivity index (χ2v) is 6.90. The Kier molecular flexibility index (Phi) is 5.94. The number of rotatable bonds is 6. The van der Waals surface area contributed by atoms with Gasteiger partial charge in [-0.2, -0.15) is 4.98 Å². The molecule has 0 saturated heterocycles. The van der Waals surface area contributed by atoms with Crippen molar-refractivity contribution in [3.8, 4) is 11.4 Å². The summed E-state index contributed by atoms with van der Waals surface area (Å²) in [6.45, 7) is 1.74. The van der Waals surface area contributed by atoms with Gasteiger partial charge in [-0.05, 0) is 59.8 Å². The number of benzene rings is 1. The van der Waals surface area contributed by atoms with E-state index in [9.17, 15) is 9.50 Å². The Bertz CT molecular complexity index is 894. The van der Waals surface area contributed by atoms with E-state index in [0.717, 1.165) is 3.57 Å². The quantitative estimate of drug-likeness (QED) is 0.481. The van der Waals surface area contributed by atoms with Gasteiger partial charge in [-0.3, -0.25) is 4.98 Å². The maximum atomic E-state index is 14.2. The second-order valence-electron chi connectivity index (χ2n) is 5.65. The van der Waals surface area contributed by atoms with Crippen molar-refractivity contribution in [2.24, 2.45) is 0 Å². The minimum Gasteiger partial charge on any atom is -0.394 e. The zero-order valence-corrected chi connectivity index (χ0v) is 16.1. The van der Waals surface area contributed by atoms with E-state index in [4.69, 9.17) is 0 Å². The smallest absolute Gasteiger partial charge is 0.225 e. The Hall–Kier alpha value is -2.33. The molecule has 0 fully saturated rings. The third kappa shape index (κ3) is 4.64. The van der Waals surface area contributed by atoms with Crippen molar-refractivity contribution in [1.82, 2.24) is 15.0 Å². The van der Waals surface area contributed by atoms with Crippen molar-refractivity contribution in [2.45, 2.75) is 13.0 Å². The first-order valence-corrected chi connectivity index (χ1v) is 9.03. The number of hydrogen-bond donors (Lipinski definition) is 3. The topological polar surface area (TPSA) is 83.0 Å². The number of aromatic nitrogens is 3. The summed E-state index contributed by atoms with van der Waals surface area (Å²) in [4.78, 5) is 13.1. The summed E-state index contributed by atoms with van der Waals surface area (Å²) >= 11 is 2.05. The van der Waals surface area contributed by atoms with Crippen molar-refractivity contribution in [3.05, 3.63) is 58.0 Å². The summed E-state index contributed by atoms with van der Waals surface area (Å²) in [5, 5.41) is 15.3. The van der Waals surface area contributed by atoms with Gasteiger partial charge in [0.2, 0.25) is 5.95 Å². The van der Waals surface area contributed by atoms with Gasteiger partial charge < -0.3 is 15.7 Å². The van der Waals surface area contributed by atoms with Gasteiger partial charge in [0.1, 0.15) is 11.6 Å². The van der Waals surface area contributed by atoms with Gasteiger partial charge in [0.15, 0.2) is 0 Å². The van der Waals surface area contributed by atoms with E-state index < -0.39 is 0 Å². The van der Waals surface area contributed by atoms with Crippen molar-refractivity contribution in [3.63, 3.8) is 0 Å². The van der Waals surface area contributed by atoms with Crippen LogP contribution in [0.1, 0.15) is 6.92 Å². The molecule has 0 radical (unpaired) electrons. The van der Waals surface area contributed by atoms with Crippen LogP contribution < -0.4 is 10.6 Å². The molecule has 6 nitrogen and oxygen atoms in total. The first-order chi connectivity index (χ1) is 12.5. The molecule has 0 aliphatic heterocycles. The zero-order valence-electron chi connectivity index (χ0n) is 13.9. The summed E-state index contributed by atoms with van der Waals surface area (Å²) in [6.07, 6.45) is 1.67. The van der Waals surface area contributed by atoms with Gasteiger partial charge in [-0.1, -0.05) is 6.07 Å². The third-order valence-electron chi connectivity index (χ3n) is 3.50. The molecule has 0 saturated carbocycles. The molecule has 3 rings (SSSR count). The standard InChI is InChI=1S/C18H17FIN5O/c1-11(10-26)22-18-24-16(15-4-2-3-7-21-15)9-17(25-18)23-14-6-5-12(20)8-13(14)19/h2-9,11,26H,10H2,1H3,(H2,22,23,24,25)/t11-/m0/s1. The van der Waals surface area contributed by atoms with E-state index >= 15 is 0 Å². The van der Waals surface area contributed by atoms with Crippen LogP contribution in [0.25, 0.3) is 11.4 Å². The van der Waals surface area contributed by atoms with E-state index in [0.29, 0.717) is 28.8 Å². The van der Waals surface area contributed by atoms with E-state index in [2.05, 4.69) is 48.2 Å². The van der Waals surface area contributed by atoms with E-state index in [1.165, 1.54) is 6.07 Å². The molecular weight excluding hydrogens is 448 g/mol. The first kappa shape index (κ1) is 18.5. The molecule has 3 aromatic rings. The molecule has 0 spiro atoms. The lowest BCUT2D eigenvalue weighted by atomic mass is 10.2. The highest BCUT2D eigenvalue weighted by Gasteiger charge is 2.11. The van der Waals surface area contributed by atoms with E-state index in [1.807, 2.05) is 25.1 Å². The van der Waals surface area contributed by atoms with E-state index in [1.54, 1.807) is 24.4 Å². The van der Waals surface area contributed by atoms with Crippen molar-refractivity contribution < 1.29 is 9.50 Å². The summed E-state index contributed by atoms with van der Waals surface area (Å²) < 4.78 is 15.0. The Morgan fingerprint density at radius 2 is 2.00 bits per heavy atom. The number of aliphatic hydroxyl groups is 1. The van der Waals surface area contributed by atoms with Crippen molar-refractivity contribution in [1.29, 1.82) is 0 Å². The number of hydrogen-bond acceptors (Lipinski definition) is 6. The third-order valence-corrected chi connectivity index (χ3v) is 4.17. The molecular formula is C18H17FIN5O. The van der Waals surface area contributed by atoms with Gasteiger partial charge in [0.25, 0.3) is 0 Å². The highest BCUT2D eigenvalue weighted by Crippen LogP contribution is 2.25. The minimum atomic E-state index is -0.367. The molecule has 1 atom stereocenters. The summed E-state index contributed by atoms with van der Waals surface area (Å²) in [7, 11) is 0. The predicted octanol–water partition coefficient (Wildman–Crippen LogP) is 3.82. The van der Waals surface area contributed by atoms with E-state index in [-0.39, 0.29) is 18.5 Å². The van der Waals surface area contributed by atoms with Crippen LogP contribution in [-0.2, 0) is 0 Å². The van der Waals surface area contributed by atoms with Gasteiger partial charge in [-0.15, -0.1) is 0 Å². The van der Waals surface area contributed by atoms with Crippen LogP contribution in [0.15, 0.2) is 48.7 Å². The number of nitrogens with zero attached hydrogens (tertiary/aromatic N) is 3. The average molecular weight is 465 g/mol. The SMILES string of the molecule is C[C@@H](CO)Nc1nc(Nc2ccc(I)cc2F)cc(-c2ccccn2)n1. The van der Waals surface area contributed by atoms with Gasteiger partial charge in [0.05, 0.1) is 23.7 Å². The minimum absolute atomic E-state index is 0.0638. The molecule has 0 bridgehead atoms. The lowest BCUT2D eigenvalue weighted by Gasteiger charge is -2.14. The Labute approximate surface area is 164 Å². The number of aliphatic hydroxyl groups excluding tert-OH is 1. The largest absolute Gasteiger partial charge is 0.394 e. The number of nitrogens with one attached hydrogen (secondary N) is 2. The highest BCUT2D eigenvalue weighted by atomic mass is 127. The predicted molar refractivity (Wildman–Crippen MR) is 108 cm³/mol. The maximum absolute atomic E-state index is 14.2. The Balaban J connectivity index is 1.98. The molecule has 1 aromatic carbocycles. The van der Waals surface area contributed by atoms with Crippen LogP contribution >= 0.6 is 22.6 Å². The maximum Gasteiger partial charge on any atom is 0.225 e. The molecule has 0 aliphatic rings. The fourth-order valence-corrected chi connectivity index (χ4v) is 2.67. The fraction of sp³-hybridized carbons (Fsp3) is 0.167. The lowest BCUT2D eigenvalue weighted by molar-refractivity contribution is 0.281. The summed E-state index contributed by atoms with van der Waals surface area (Å²) in [5.41, 5.74) is 1.57. The van der Waals surface area contributed by atoms with Crippen molar-refractivity contribution >= 4 is 40.0 Å². The molecule has 0 aliphatic carbocycles. The number of halogens is 2. The van der Waals surface area contributed by atoms with Gasteiger partial charge in [0, 0.05) is 21.9 Å². The summed E-state index contributed by atoms with van der Waals surface area (Å²) in [5.74, 6) is 0.379. The molecule has 0 unspecified atom stereocenters. The zero-order chi connectivity index (χ0) is 18.5. The number of anilines is 3. The molecule has 0 amide bonds. The molecule has 26 heavy (non-hydrogen) atoms. The molecule has 134 valence electrons. The van der Waals surface area contributed by atoms with Crippen LogP contribution in [0.4, 0.5) is 21.8 Å². The Morgan fingerprint density at radius 3 is 2.69 bits per heavy atom. The molecule has 8 heteroatoms. The summed E-state index contributed by atoms with van der Waals surface area (Å²) in [6, 6.07) is 11.9. The average Bonchev–Trinajstić information content (AvgIpc) is 2.64.